The van der Waals surface area contributed by atoms with Gasteiger partial charge in [-0.3, -0.25) is 4.72 Å². The van der Waals surface area contributed by atoms with Crippen molar-refractivity contribution in [2.45, 2.75) is 24.7 Å². The molecule has 0 aliphatic heterocycles. The number of nitrogen functional groups attached to an aromatic ring is 1. The maximum absolute atomic E-state index is 12.5. The fraction of sp³-hybridized carbons (Fsp3) is 0.200. The van der Waals surface area contributed by atoms with Gasteiger partial charge in [0.2, 0.25) is 0 Å². The van der Waals surface area contributed by atoms with E-state index in [-0.39, 0.29) is 21.5 Å². The minimum absolute atomic E-state index is 0.0924. The highest BCUT2D eigenvalue weighted by Crippen LogP contribution is 2.31. The number of hydrogen-bond donors (Lipinski definition) is 2. The maximum Gasteiger partial charge on any atom is 0.265 e. The van der Waals surface area contributed by atoms with Gasteiger partial charge in [-0.25, -0.2) is 8.42 Å². The van der Waals surface area contributed by atoms with Gasteiger partial charge in [-0.2, -0.15) is 0 Å². The molecule has 6 heteroatoms. The van der Waals surface area contributed by atoms with Gasteiger partial charge in [-0.05, 0) is 29.7 Å². The summed E-state index contributed by atoms with van der Waals surface area (Å²) >= 11 is 5.98. The highest BCUT2D eigenvalue weighted by Gasteiger charge is 2.22. The Morgan fingerprint density at radius 1 is 1.10 bits per heavy atom. The maximum atomic E-state index is 12.5. The van der Waals surface area contributed by atoms with Gasteiger partial charge < -0.3 is 5.73 Å². The second-order valence-corrected chi connectivity index (χ2v) is 7.03. The quantitative estimate of drug-likeness (QED) is 0.839. The Morgan fingerprint density at radius 3 is 2.38 bits per heavy atom. The molecule has 2 aromatic carbocycles. The normalized spacial score (nSPS) is 11.6. The summed E-state index contributed by atoms with van der Waals surface area (Å²) in [5.41, 5.74) is 7.32. The first-order chi connectivity index (χ1) is 9.83. The van der Waals surface area contributed by atoms with E-state index in [1.165, 1.54) is 12.1 Å². The van der Waals surface area contributed by atoms with Gasteiger partial charge in [0.15, 0.2) is 0 Å². The number of para-hydroxylation sites is 1. The van der Waals surface area contributed by atoms with Crippen LogP contribution in [0.2, 0.25) is 5.02 Å². The molecule has 112 valence electrons. The molecular formula is C15H17ClN2O2S. The SMILES string of the molecule is CC(C)c1ccccc1NS(=O)(=O)c1c(N)cccc1Cl. The van der Waals surface area contributed by atoms with E-state index in [4.69, 9.17) is 17.3 Å². The van der Waals surface area contributed by atoms with E-state index in [0.717, 1.165) is 5.56 Å². The Morgan fingerprint density at radius 2 is 1.76 bits per heavy atom. The number of benzene rings is 2. The zero-order valence-corrected chi connectivity index (χ0v) is 13.4. The lowest BCUT2D eigenvalue weighted by molar-refractivity contribution is 0.601. The summed E-state index contributed by atoms with van der Waals surface area (Å²) in [6.45, 7) is 3.99. The van der Waals surface area contributed by atoms with E-state index < -0.39 is 10.0 Å². The predicted molar refractivity (Wildman–Crippen MR) is 87.2 cm³/mol. The van der Waals surface area contributed by atoms with Crippen LogP contribution in [0.5, 0.6) is 0 Å². The molecule has 2 rings (SSSR count). The summed E-state index contributed by atoms with van der Waals surface area (Å²) in [5, 5.41) is 0.101. The average Bonchev–Trinajstić information content (AvgIpc) is 2.37. The molecular weight excluding hydrogens is 308 g/mol. The first-order valence-corrected chi connectivity index (χ1v) is 8.35. The molecule has 0 amide bonds. The third kappa shape index (κ3) is 3.31. The van der Waals surface area contributed by atoms with Crippen LogP contribution in [-0.2, 0) is 10.0 Å². The number of nitrogens with two attached hydrogens (primary N) is 1. The van der Waals surface area contributed by atoms with E-state index in [1.807, 2.05) is 26.0 Å². The van der Waals surface area contributed by atoms with E-state index in [9.17, 15) is 8.42 Å². The number of sulfonamides is 1. The molecule has 0 spiro atoms. The Bertz CT molecular complexity index is 738. The number of hydrogen-bond acceptors (Lipinski definition) is 3. The standard InChI is InChI=1S/C15H17ClN2O2S/c1-10(2)11-6-3-4-9-14(11)18-21(19,20)15-12(16)7-5-8-13(15)17/h3-10,18H,17H2,1-2H3. The highest BCUT2D eigenvalue weighted by atomic mass is 35.5. The Labute approximate surface area is 130 Å². The van der Waals surface area contributed by atoms with Crippen molar-refractivity contribution in [2.75, 3.05) is 10.5 Å². The van der Waals surface area contributed by atoms with Crippen LogP contribution in [0, 0.1) is 0 Å². The second-order valence-electron chi connectivity index (χ2n) is 5.01. The molecule has 0 unspecified atom stereocenters. The third-order valence-electron chi connectivity index (χ3n) is 3.09. The molecule has 0 fully saturated rings. The Hall–Kier alpha value is -1.72. The van der Waals surface area contributed by atoms with E-state index in [0.29, 0.717) is 5.69 Å². The van der Waals surface area contributed by atoms with Crippen LogP contribution in [0.25, 0.3) is 0 Å². The first-order valence-electron chi connectivity index (χ1n) is 6.48. The van der Waals surface area contributed by atoms with E-state index in [2.05, 4.69) is 4.72 Å². The summed E-state index contributed by atoms with van der Waals surface area (Å²) in [5.74, 6) is 0.187. The van der Waals surface area contributed by atoms with E-state index in [1.54, 1.807) is 18.2 Å². The summed E-state index contributed by atoms with van der Waals surface area (Å²) < 4.78 is 27.7. The van der Waals surface area contributed by atoms with Crippen molar-refractivity contribution in [3.63, 3.8) is 0 Å². The van der Waals surface area contributed by atoms with Crippen LogP contribution in [0.4, 0.5) is 11.4 Å². The van der Waals surface area contributed by atoms with Crippen LogP contribution in [0.3, 0.4) is 0 Å². The van der Waals surface area contributed by atoms with Gasteiger partial charge in [-0.15, -0.1) is 0 Å². The number of nitrogens with one attached hydrogen (secondary N) is 1. The lowest BCUT2D eigenvalue weighted by Gasteiger charge is -2.16. The van der Waals surface area contributed by atoms with Crippen LogP contribution < -0.4 is 10.5 Å². The highest BCUT2D eigenvalue weighted by molar-refractivity contribution is 7.93. The topological polar surface area (TPSA) is 72.2 Å². The molecule has 21 heavy (non-hydrogen) atoms. The van der Waals surface area contributed by atoms with E-state index >= 15 is 0 Å². The van der Waals surface area contributed by atoms with Gasteiger partial charge in [0.25, 0.3) is 10.0 Å². The average molecular weight is 325 g/mol. The number of anilines is 2. The summed E-state index contributed by atoms with van der Waals surface area (Å²) in [6, 6.07) is 11.9. The van der Waals surface area contributed by atoms with Crippen molar-refractivity contribution in [1.29, 1.82) is 0 Å². The molecule has 2 aromatic rings. The van der Waals surface area contributed by atoms with Crippen molar-refractivity contribution >= 4 is 33.0 Å². The summed E-state index contributed by atoms with van der Waals surface area (Å²) in [6.07, 6.45) is 0. The third-order valence-corrected chi connectivity index (χ3v) is 5.00. The molecule has 0 aromatic heterocycles. The predicted octanol–water partition coefficient (Wildman–Crippen LogP) is 3.85. The minimum Gasteiger partial charge on any atom is -0.398 e. The molecule has 0 aliphatic carbocycles. The lowest BCUT2D eigenvalue weighted by atomic mass is 10.0. The molecule has 0 saturated carbocycles. The van der Waals surface area contributed by atoms with Crippen molar-refractivity contribution in [1.82, 2.24) is 0 Å². The number of halogens is 1. The molecule has 0 atom stereocenters. The van der Waals surface area contributed by atoms with Crippen molar-refractivity contribution < 1.29 is 8.42 Å². The minimum atomic E-state index is -3.84. The monoisotopic (exact) mass is 324 g/mol. The molecule has 0 heterocycles. The van der Waals surface area contributed by atoms with Crippen LogP contribution >= 0.6 is 11.6 Å². The number of rotatable bonds is 4. The molecule has 0 bridgehead atoms. The molecule has 0 radical (unpaired) electrons. The van der Waals surface area contributed by atoms with Gasteiger partial charge in [0, 0.05) is 0 Å². The summed E-state index contributed by atoms with van der Waals surface area (Å²) in [4.78, 5) is -0.0924. The van der Waals surface area contributed by atoms with Gasteiger partial charge in [0.1, 0.15) is 4.90 Å². The Kier molecular flexibility index (Phi) is 4.44. The van der Waals surface area contributed by atoms with Gasteiger partial charge in [-0.1, -0.05) is 49.7 Å². The molecule has 0 saturated heterocycles. The van der Waals surface area contributed by atoms with Crippen molar-refractivity contribution in [2.24, 2.45) is 0 Å². The smallest absolute Gasteiger partial charge is 0.265 e. The lowest BCUT2D eigenvalue weighted by Crippen LogP contribution is -2.16. The molecule has 3 N–H and O–H groups in total. The molecule has 4 nitrogen and oxygen atoms in total. The summed E-state index contributed by atoms with van der Waals surface area (Å²) in [7, 11) is -3.84. The molecule has 0 aliphatic rings. The van der Waals surface area contributed by atoms with Crippen molar-refractivity contribution in [3.8, 4) is 0 Å². The van der Waals surface area contributed by atoms with Crippen LogP contribution in [0.1, 0.15) is 25.3 Å². The fourth-order valence-electron chi connectivity index (χ4n) is 2.10. The zero-order valence-electron chi connectivity index (χ0n) is 11.8. The second kappa shape index (κ2) is 5.95. The van der Waals surface area contributed by atoms with Crippen molar-refractivity contribution in [3.05, 3.63) is 53.1 Å². The van der Waals surface area contributed by atoms with Crippen LogP contribution in [-0.4, -0.2) is 8.42 Å². The largest absolute Gasteiger partial charge is 0.398 e. The zero-order chi connectivity index (χ0) is 15.6. The Balaban J connectivity index is 2.48. The fourth-order valence-corrected chi connectivity index (χ4v) is 3.87. The first kappa shape index (κ1) is 15.7. The van der Waals surface area contributed by atoms with Gasteiger partial charge >= 0.3 is 0 Å². The van der Waals surface area contributed by atoms with Gasteiger partial charge in [0.05, 0.1) is 16.4 Å². The van der Waals surface area contributed by atoms with Crippen LogP contribution in [0.15, 0.2) is 47.4 Å².